The second kappa shape index (κ2) is 3.96. The van der Waals surface area contributed by atoms with Crippen molar-refractivity contribution in [2.45, 2.75) is 26.5 Å². The van der Waals surface area contributed by atoms with E-state index in [1.807, 2.05) is 13.0 Å². The van der Waals surface area contributed by atoms with E-state index < -0.39 is 0 Å². The summed E-state index contributed by atoms with van der Waals surface area (Å²) in [5.41, 5.74) is 1.01. The first-order valence-electron chi connectivity index (χ1n) is 5.00. The lowest BCUT2D eigenvalue weighted by atomic mass is 10.3. The van der Waals surface area contributed by atoms with Crippen LogP contribution in [0.2, 0.25) is 0 Å². The number of hydrogen-bond acceptors (Lipinski definition) is 2. The zero-order valence-electron chi connectivity index (χ0n) is 8.40. The molecule has 3 nitrogen and oxygen atoms in total. The van der Waals surface area contributed by atoms with E-state index in [1.165, 1.54) is 12.8 Å². The van der Waals surface area contributed by atoms with Crippen molar-refractivity contribution in [3.05, 3.63) is 34.2 Å². The van der Waals surface area contributed by atoms with Crippen LogP contribution in [0, 0.1) is 12.8 Å². The number of pyridine rings is 1. The molecule has 0 radical (unpaired) electrons. The smallest absolute Gasteiger partial charge is 0.252 e. The normalized spacial score (nSPS) is 15.8. The average Bonchev–Trinajstić information content (AvgIpc) is 2.92. The molecule has 1 fully saturated rings. The van der Waals surface area contributed by atoms with Crippen LogP contribution in [-0.4, -0.2) is 11.2 Å². The van der Waals surface area contributed by atoms with Crippen molar-refractivity contribution >= 4 is 0 Å². The van der Waals surface area contributed by atoms with Gasteiger partial charge >= 0.3 is 0 Å². The molecule has 0 saturated heterocycles. The van der Waals surface area contributed by atoms with Gasteiger partial charge in [0, 0.05) is 12.3 Å². The van der Waals surface area contributed by atoms with Gasteiger partial charge in [-0.05, 0) is 37.3 Å². The molecule has 1 aliphatic rings. The van der Waals surface area contributed by atoms with Gasteiger partial charge in [-0.3, -0.25) is 9.36 Å². The fourth-order valence-electron chi connectivity index (χ4n) is 1.32. The van der Waals surface area contributed by atoms with Crippen molar-refractivity contribution in [3.8, 4) is 0 Å². The van der Waals surface area contributed by atoms with Gasteiger partial charge in [-0.2, -0.15) is 0 Å². The predicted molar refractivity (Wildman–Crippen MR) is 54.1 cm³/mol. The van der Waals surface area contributed by atoms with Crippen molar-refractivity contribution in [2.75, 3.05) is 6.61 Å². The van der Waals surface area contributed by atoms with Crippen LogP contribution >= 0.6 is 0 Å². The number of hydrogen-bond donors (Lipinski definition) is 0. The van der Waals surface area contributed by atoms with E-state index in [1.54, 1.807) is 16.8 Å². The first-order valence-corrected chi connectivity index (χ1v) is 5.00. The third-order valence-electron chi connectivity index (χ3n) is 2.43. The summed E-state index contributed by atoms with van der Waals surface area (Å²) >= 11 is 0. The zero-order chi connectivity index (χ0) is 9.97. The maximum atomic E-state index is 11.4. The molecule has 0 aromatic carbocycles. The van der Waals surface area contributed by atoms with Crippen molar-refractivity contribution in [2.24, 2.45) is 5.92 Å². The van der Waals surface area contributed by atoms with E-state index in [-0.39, 0.29) is 5.56 Å². The Balaban J connectivity index is 1.91. The van der Waals surface area contributed by atoms with E-state index >= 15 is 0 Å². The molecule has 1 aromatic rings. The summed E-state index contributed by atoms with van der Waals surface area (Å²) in [6, 6.07) is 3.54. The molecule has 0 spiro atoms. The van der Waals surface area contributed by atoms with Crippen molar-refractivity contribution < 1.29 is 4.74 Å². The van der Waals surface area contributed by atoms with Gasteiger partial charge in [-0.1, -0.05) is 0 Å². The van der Waals surface area contributed by atoms with Gasteiger partial charge in [0.15, 0.2) is 0 Å². The molecule has 2 rings (SSSR count). The van der Waals surface area contributed by atoms with E-state index in [4.69, 9.17) is 4.74 Å². The Hall–Kier alpha value is -1.09. The van der Waals surface area contributed by atoms with Crippen molar-refractivity contribution in [1.82, 2.24) is 4.57 Å². The molecule has 1 heterocycles. The second-order valence-corrected chi connectivity index (χ2v) is 3.96. The Morgan fingerprint density at radius 1 is 1.57 bits per heavy atom. The van der Waals surface area contributed by atoms with Crippen LogP contribution in [0.4, 0.5) is 0 Å². The molecule has 0 unspecified atom stereocenters. The van der Waals surface area contributed by atoms with Gasteiger partial charge in [-0.15, -0.1) is 0 Å². The van der Waals surface area contributed by atoms with Gasteiger partial charge in [0.25, 0.3) is 5.56 Å². The molecular formula is C11H15NO2. The molecule has 1 aliphatic carbocycles. The highest BCUT2D eigenvalue weighted by Crippen LogP contribution is 2.28. The third-order valence-corrected chi connectivity index (χ3v) is 2.43. The van der Waals surface area contributed by atoms with Crippen LogP contribution in [0.3, 0.4) is 0 Å². The van der Waals surface area contributed by atoms with Crippen LogP contribution in [0.15, 0.2) is 23.1 Å². The number of aromatic nitrogens is 1. The van der Waals surface area contributed by atoms with Crippen LogP contribution in [0.5, 0.6) is 0 Å². The van der Waals surface area contributed by atoms with Crippen LogP contribution in [0.25, 0.3) is 0 Å². The maximum absolute atomic E-state index is 11.4. The first-order chi connectivity index (χ1) is 6.75. The highest BCUT2D eigenvalue weighted by Gasteiger charge is 2.20. The van der Waals surface area contributed by atoms with Gasteiger partial charge in [0.05, 0.1) is 6.61 Å². The van der Waals surface area contributed by atoms with Gasteiger partial charge in [0.1, 0.15) is 6.73 Å². The molecule has 14 heavy (non-hydrogen) atoms. The van der Waals surface area contributed by atoms with E-state index in [2.05, 4.69) is 0 Å². The fourth-order valence-corrected chi connectivity index (χ4v) is 1.32. The summed E-state index contributed by atoms with van der Waals surface area (Å²) in [5.74, 6) is 0.746. The quantitative estimate of drug-likeness (QED) is 0.726. The Morgan fingerprint density at radius 2 is 2.36 bits per heavy atom. The minimum absolute atomic E-state index is 0.0146. The molecular weight excluding hydrogens is 178 g/mol. The Bertz CT molecular complexity index is 366. The van der Waals surface area contributed by atoms with Crippen LogP contribution in [0.1, 0.15) is 18.4 Å². The molecule has 1 saturated carbocycles. The SMILES string of the molecule is Cc1ccn(COCC2CC2)c(=O)c1. The minimum Gasteiger partial charge on any atom is -0.360 e. The first kappa shape index (κ1) is 9.46. The average molecular weight is 193 g/mol. The van der Waals surface area contributed by atoms with Crippen molar-refractivity contribution in [1.29, 1.82) is 0 Å². The van der Waals surface area contributed by atoms with Gasteiger partial charge < -0.3 is 4.74 Å². The summed E-state index contributed by atoms with van der Waals surface area (Å²) in [7, 11) is 0. The molecule has 76 valence electrons. The maximum Gasteiger partial charge on any atom is 0.252 e. The van der Waals surface area contributed by atoms with E-state index in [0.717, 1.165) is 18.1 Å². The second-order valence-electron chi connectivity index (χ2n) is 3.96. The van der Waals surface area contributed by atoms with Gasteiger partial charge in [0.2, 0.25) is 0 Å². The zero-order valence-corrected chi connectivity index (χ0v) is 8.40. The lowest BCUT2D eigenvalue weighted by Gasteiger charge is -2.06. The Labute approximate surface area is 83.3 Å². The molecule has 0 bridgehead atoms. The van der Waals surface area contributed by atoms with E-state index in [9.17, 15) is 4.79 Å². The lowest BCUT2D eigenvalue weighted by molar-refractivity contribution is 0.0668. The van der Waals surface area contributed by atoms with Crippen molar-refractivity contribution in [3.63, 3.8) is 0 Å². The summed E-state index contributed by atoms with van der Waals surface area (Å²) < 4.78 is 7.02. The van der Waals surface area contributed by atoms with E-state index in [0.29, 0.717) is 6.73 Å². The molecule has 0 aliphatic heterocycles. The number of aryl methyl sites for hydroxylation is 1. The Kier molecular flexibility index (Phi) is 2.68. The summed E-state index contributed by atoms with van der Waals surface area (Å²) in [6.45, 7) is 3.09. The highest BCUT2D eigenvalue weighted by molar-refractivity contribution is 5.07. The topological polar surface area (TPSA) is 31.2 Å². The molecule has 0 N–H and O–H groups in total. The number of ether oxygens (including phenoxy) is 1. The summed E-state index contributed by atoms with van der Waals surface area (Å²) in [4.78, 5) is 11.4. The monoisotopic (exact) mass is 193 g/mol. The molecule has 0 atom stereocenters. The number of nitrogens with zero attached hydrogens (tertiary/aromatic N) is 1. The molecule has 3 heteroatoms. The van der Waals surface area contributed by atoms with Crippen LogP contribution in [-0.2, 0) is 11.5 Å². The number of rotatable bonds is 4. The predicted octanol–water partition coefficient (Wildman–Crippen LogP) is 1.54. The molecule has 0 amide bonds. The standard InChI is InChI=1S/C11H15NO2/c1-9-4-5-12(11(13)6-9)8-14-7-10-2-3-10/h4-6,10H,2-3,7-8H2,1H3. The lowest BCUT2D eigenvalue weighted by Crippen LogP contribution is -2.20. The van der Waals surface area contributed by atoms with Gasteiger partial charge in [-0.25, -0.2) is 0 Å². The van der Waals surface area contributed by atoms with Crippen LogP contribution < -0.4 is 5.56 Å². The fraction of sp³-hybridized carbons (Fsp3) is 0.545. The minimum atomic E-state index is 0.0146. The highest BCUT2D eigenvalue weighted by atomic mass is 16.5. The largest absolute Gasteiger partial charge is 0.360 e. The molecule has 1 aromatic heterocycles. The Morgan fingerprint density at radius 3 is 3.00 bits per heavy atom. The third kappa shape index (κ3) is 2.45. The summed E-state index contributed by atoms with van der Waals surface area (Å²) in [5, 5.41) is 0. The summed E-state index contributed by atoms with van der Waals surface area (Å²) in [6.07, 6.45) is 4.34.